The van der Waals surface area contributed by atoms with Gasteiger partial charge in [0.1, 0.15) is 11.7 Å². The average molecular weight is 412 g/mol. The number of benzene rings is 2. The van der Waals surface area contributed by atoms with Crippen LogP contribution in [0, 0.1) is 6.92 Å². The highest BCUT2D eigenvalue weighted by atomic mass is 35.5. The number of hydrazine groups is 1. The summed E-state index contributed by atoms with van der Waals surface area (Å²) in [4.78, 5) is 13.3. The Morgan fingerprint density at radius 2 is 1.76 bits per heavy atom. The van der Waals surface area contributed by atoms with Crippen molar-refractivity contribution in [1.29, 1.82) is 0 Å². The third-order valence-electron chi connectivity index (χ3n) is 5.18. The van der Waals surface area contributed by atoms with Gasteiger partial charge in [0, 0.05) is 12.7 Å². The number of halogens is 1. The first-order valence-electron chi connectivity index (χ1n) is 9.25. The molecule has 1 saturated heterocycles. The van der Waals surface area contributed by atoms with Crippen molar-refractivity contribution in [2.75, 3.05) is 0 Å². The summed E-state index contributed by atoms with van der Waals surface area (Å²) in [6, 6.07) is 15.8. The Morgan fingerprint density at radius 1 is 1.07 bits per heavy atom. The molecule has 9 heteroatoms. The summed E-state index contributed by atoms with van der Waals surface area (Å²) in [7, 11) is 1.86. The monoisotopic (exact) mass is 411 g/mol. The van der Waals surface area contributed by atoms with Crippen LogP contribution in [0.25, 0.3) is 5.69 Å². The molecule has 0 radical (unpaired) electrons. The van der Waals surface area contributed by atoms with Gasteiger partial charge in [-0.25, -0.2) is 15.5 Å². The topological polar surface area (TPSA) is 102 Å². The van der Waals surface area contributed by atoms with Crippen LogP contribution in [0.3, 0.4) is 0 Å². The second-order valence-corrected chi connectivity index (χ2v) is 7.33. The summed E-state index contributed by atoms with van der Waals surface area (Å²) in [5.74, 6) is 0. The lowest BCUT2D eigenvalue weighted by molar-refractivity contribution is 0.520. The Kier molecular flexibility index (Phi) is 5.33. The maximum absolute atomic E-state index is 13.3. The van der Waals surface area contributed by atoms with Crippen LogP contribution in [-0.2, 0) is 7.05 Å². The molecule has 1 aliphatic heterocycles. The fourth-order valence-electron chi connectivity index (χ4n) is 3.55. The van der Waals surface area contributed by atoms with Gasteiger partial charge >= 0.3 is 0 Å². The molecule has 3 aromatic rings. The quantitative estimate of drug-likeness (QED) is 0.574. The first kappa shape index (κ1) is 19.5. The average Bonchev–Trinajstić information content (AvgIpc) is 3.18. The van der Waals surface area contributed by atoms with Crippen molar-refractivity contribution in [3.8, 4) is 5.69 Å². The highest BCUT2D eigenvalue weighted by Gasteiger charge is 2.39. The van der Waals surface area contributed by atoms with E-state index >= 15 is 0 Å². The zero-order valence-corrected chi connectivity index (χ0v) is 16.8. The summed E-state index contributed by atoms with van der Waals surface area (Å²) in [6.07, 6.45) is -0.504. The Hall–Kier alpha value is -2.78. The lowest BCUT2D eigenvalue weighted by Crippen LogP contribution is -2.40. The van der Waals surface area contributed by atoms with E-state index in [2.05, 4.69) is 21.1 Å². The smallest absolute Gasteiger partial charge is 0.276 e. The van der Waals surface area contributed by atoms with Crippen molar-refractivity contribution in [2.45, 2.75) is 25.2 Å². The van der Waals surface area contributed by atoms with Crippen molar-refractivity contribution in [3.05, 3.63) is 81.2 Å². The van der Waals surface area contributed by atoms with Gasteiger partial charge in [-0.3, -0.25) is 9.48 Å². The third kappa shape index (κ3) is 3.51. The second-order valence-electron chi connectivity index (χ2n) is 6.92. The summed E-state index contributed by atoms with van der Waals surface area (Å²) < 4.78 is 3.47. The maximum atomic E-state index is 13.3. The fraction of sp³-hybridized carbons (Fsp3) is 0.250. The molecule has 1 aliphatic rings. The van der Waals surface area contributed by atoms with Crippen LogP contribution < -0.4 is 22.1 Å². The molecule has 3 unspecified atom stereocenters. The number of hydrogen-bond donors (Lipinski definition) is 3. The van der Waals surface area contributed by atoms with Gasteiger partial charge in [0.15, 0.2) is 0 Å². The molecule has 8 nitrogen and oxygen atoms in total. The molecule has 29 heavy (non-hydrogen) atoms. The minimum Gasteiger partial charge on any atom is -0.313 e. The van der Waals surface area contributed by atoms with Crippen LogP contribution in [0.5, 0.6) is 0 Å². The number of nitrogens with one attached hydrogen (secondary N) is 2. The van der Waals surface area contributed by atoms with Crippen molar-refractivity contribution < 1.29 is 0 Å². The van der Waals surface area contributed by atoms with Crippen LogP contribution in [0.1, 0.15) is 17.3 Å². The van der Waals surface area contributed by atoms with Crippen LogP contribution in [0.2, 0.25) is 5.02 Å². The van der Waals surface area contributed by atoms with Crippen molar-refractivity contribution in [2.24, 2.45) is 23.0 Å². The Bertz CT molecular complexity index is 1110. The lowest BCUT2D eigenvalue weighted by atomic mass is 10.0. The molecule has 1 aromatic heterocycles. The van der Waals surface area contributed by atoms with Crippen LogP contribution >= 0.6 is 11.6 Å². The molecule has 0 spiro atoms. The van der Waals surface area contributed by atoms with E-state index in [1.165, 1.54) is 0 Å². The molecule has 1 fully saturated rings. The van der Waals surface area contributed by atoms with Crippen LogP contribution in [0.4, 0.5) is 5.69 Å². The molecule has 2 aromatic carbocycles. The number of azo groups is 1. The Labute approximate surface area is 173 Å². The van der Waals surface area contributed by atoms with E-state index in [0.717, 1.165) is 11.4 Å². The number of rotatable bonds is 4. The summed E-state index contributed by atoms with van der Waals surface area (Å²) in [5, 5.41) is 9.20. The first-order valence-corrected chi connectivity index (χ1v) is 9.62. The van der Waals surface area contributed by atoms with Gasteiger partial charge in [-0.05, 0) is 31.2 Å². The van der Waals surface area contributed by atoms with Gasteiger partial charge in [-0.15, -0.1) is 0 Å². The van der Waals surface area contributed by atoms with Gasteiger partial charge in [0.2, 0.25) is 0 Å². The second kappa shape index (κ2) is 7.92. The molecular weight excluding hydrogens is 390 g/mol. The van der Waals surface area contributed by atoms with Crippen LogP contribution in [0.15, 0.2) is 69.6 Å². The first-order chi connectivity index (χ1) is 14.0. The Balaban J connectivity index is 1.74. The molecule has 0 saturated carbocycles. The van der Waals surface area contributed by atoms with E-state index < -0.39 is 18.2 Å². The van der Waals surface area contributed by atoms with Gasteiger partial charge in [0.05, 0.1) is 28.5 Å². The molecular formula is C20H22ClN7O. The van der Waals surface area contributed by atoms with Crippen molar-refractivity contribution in [1.82, 2.24) is 20.2 Å². The standard InChI is InChI=1S/C20H22ClN7O/c1-12-16(20(29)28(27(12)2)13-8-4-3-5-9-13)17-18(19(22)26-24-17)25-23-15-11-7-6-10-14(15)21/h3-11,17-19,24,26H,22H2,1-2H3. The maximum Gasteiger partial charge on any atom is 0.276 e. The van der Waals surface area contributed by atoms with E-state index in [0.29, 0.717) is 16.3 Å². The van der Waals surface area contributed by atoms with Gasteiger partial charge in [-0.2, -0.15) is 10.2 Å². The van der Waals surface area contributed by atoms with Gasteiger partial charge in [0.25, 0.3) is 5.56 Å². The van der Waals surface area contributed by atoms with E-state index in [1.54, 1.807) is 16.8 Å². The number of hydrogen-bond acceptors (Lipinski definition) is 6. The molecule has 0 aliphatic carbocycles. The Morgan fingerprint density at radius 3 is 2.48 bits per heavy atom. The zero-order valence-electron chi connectivity index (χ0n) is 16.1. The number of nitrogens with two attached hydrogens (primary N) is 1. The van der Waals surface area contributed by atoms with E-state index in [-0.39, 0.29) is 5.56 Å². The largest absolute Gasteiger partial charge is 0.313 e. The summed E-state index contributed by atoms with van der Waals surface area (Å²) >= 11 is 6.17. The van der Waals surface area contributed by atoms with E-state index in [4.69, 9.17) is 17.3 Å². The summed E-state index contributed by atoms with van der Waals surface area (Å²) in [6.45, 7) is 1.91. The molecule has 2 heterocycles. The number of nitrogens with zero attached hydrogens (tertiary/aromatic N) is 4. The minimum atomic E-state index is -0.504. The molecule has 3 atom stereocenters. The zero-order chi connectivity index (χ0) is 20.5. The van der Waals surface area contributed by atoms with Gasteiger partial charge < -0.3 is 5.73 Å². The number of para-hydroxylation sites is 1. The molecule has 0 amide bonds. The van der Waals surface area contributed by atoms with E-state index in [9.17, 15) is 4.79 Å². The minimum absolute atomic E-state index is 0.123. The van der Waals surface area contributed by atoms with Crippen molar-refractivity contribution >= 4 is 17.3 Å². The molecule has 0 bridgehead atoms. The predicted molar refractivity (Wildman–Crippen MR) is 112 cm³/mol. The van der Waals surface area contributed by atoms with Crippen molar-refractivity contribution in [3.63, 3.8) is 0 Å². The molecule has 4 rings (SSSR count). The molecule has 4 N–H and O–H groups in total. The van der Waals surface area contributed by atoms with Gasteiger partial charge in [-0.1, -0.05) is 41.9 Å². The predicted octanol–water partition coefficient (Wildman–Crippen LogP) is 2.72. The number of aromatic nitrogens is 2. The van der Waals surface area contributed by atoms with E-state index in [1.807, 2.05) is 61.1 Å². The molecule has 150 valence electrons. The van der Waals surface area contributed by atoms with Crippen LogP contribution in [-0.4, -0.2) is 21.6 Å². The normalized spacial score (nSPS) is 21.9. The highest BCUT2D eigenvalue weighted by molar-refractivity contribution is 6.32. The lowest BCUT2D eigenvalue weighted by Gasteiger charge is -2.15. The fourth-order valence-corrected chi connectivity index (χ4v) is 3.73. The highest BCUT2D eigenvalue weighted by Crippen LogP contribution is 2.29. The SMILES string of the molecule is Cc1c(C2NNC(N)C2N=Nc2ccccc2Cl)c(=O)n(-c2ccccc2)n1C. The summed E-state index contributed by atoms with van der Waals surface area (Å²) in [5.41, 5.74) is 14.9. The third-order valence-corrected chi connectivity index (χ3v) is 5.50.